The SMILES string of the molecule is CCC(C)N(CC)c1cc(CNC(C)(C)C)c(Cl)cn1. The van der Waals surface area contributed by atoms with Crippen molar-refractivity contribution in [3.05, 3.63) is 22.8 Å². The topological polar surface area (TPSA) is 28.2 Å². The molecule has 1 heterocycles. The number of nitrogens with zero attached hydrogens (tertiary/aromatic N) is 2. The summed E-state index contributed by atoms with van der Waals surface area (Å²) in [4.78, 5) is 6.81. The van der Waals surface area contributed by atoms with E-state index >= 15 is 0 Å². The summed E-state index contributed by atoms with van der Waals surface area (Å²) in [6, 6.07) is 2.59. The molecule has 1 aromatic heterocycles. The fourth-order valence-corrected chi connectivity index (χ4v) is 2.21. The van der Waals surface area contributed by atoms with E-state index in [-0.39, 0.29) is 5.54 Å². The van der Waals surface area contributed by atoms with Crippen molar-refractivity contribution in [2.45, 2.75) is 66.1 Å². The van der Waals surface area contributed by atoms with Crippen LogP contribution < -0.4 is 10.2 Å². The van der Waals surface area contributed by atoms with Crippen molar-refractivity contribution in [3.63, 3.8) is 0 Å². The molecular formula is C16H28ClN3. The van der Waals surface area contributed by atoms with Crippen molar-refractivity contribution in [1.29, 1.82) is 0 Å². The lowest BCUT2D eigenvalue weighted by molar-refractivity contribution is 0.424. The third-order valence-corrected chi connectivity index (χ3v) is 3.83. The molecule has 3 nitrogen and oxygen atoms in total. The molecule has 0 aliphatic rings. The Balaban J connectivity index is 2.95. The van der Waals surface area contributed by atoms with Crippen molar-refractivity contribution in [1.82, 2.24) is 10.3 Å². The molecule has 0 aromatic carbocycles. The first-order valence-corrected chi connectivity index (χ1v) is 7.82. The highest BCUT2D eigenvalue weighted by molar-refractivity contribution is 6.31. The number of pyridine rings is 1. The number of nitrogens with one attached hydrogen (secondary N) is 1. The molecule has 20 heavy (non-hydrogen) atoms. The van der Waals surface area contributed by atoms with E-state index in [4.69, 9.17) is 11.6 Å². The van der Waals surface area contributed by atoms with Crippen molar-refractivity contribution >= 4 is 17.4 Å². The molecule has 0 spiro atoms. The van der Waals surface area contributed by atoms with Crippen LogP contribution in [0.1, 0.15) is 53.5 Å². The van der Waals surface area contributed by atoms with Crippen LogP contribution in [0.3, 0.4) is 0 Å². The molecule has 1 unspecified atom stereocenters. The Labute approximate surface area is 128 Å². The Morgan fingerprint density at radius 1 is 1.35 bits per heavy atom. The molecule has 1 atom stereocenters. The van der Waals surface area contributed by atoms with Crippen LogP contribution >= 0.6 is 11.6 Å². The van der Waals surface area contributed by atoms with E-state index < -0.39 is 0 Å². The minimum Gasteiger partial charge on any atom is -0.354 e. The summed E-state index contributed by atoms with van der Waals surface area (Å²) >= 11 is 6.27. The molecule has 0 radical (unpaired) electrons. The van der Waals surface area contributed by atoms with Crippen LogP contribution in [0.25, 0.3) is 0 Å². The Bertz CT molecular complexity index is 426. The maximum absolute atomic E-state index is 6.27. The van der Waals surface area contributed by atoms with Crippen LogP contribution in [-0.2, 0) is 6.54 Å². The van der Waals surface area contributed by atoms with Gasteiger partial charge >= 0.3 is 0 Å². The van der Waals surface area contributed by atoms with E-state index in [1.807, 2.05) is 0 Å². The highest BCUT2D eigenvalue weighted by Crippen LogP contribution is 2.23. The first-order valence-electron chi connectivity index (χ1n) is 7.44. The third-order valence-electron chi connectivity index (χ3n) is 3.49. The standard InChI is InChI=1S/C16H28ClN3/c1-7-12(3)20(8-2)15-9-13(14(17)11-18-15)10-19-16(4,5)6/h9,11-12,19H,7-8,10H2,1-6H3. The van der Waals surface area contributed by atoms with Crippen molar-refractivity contribution in [3.8, 4) is 0 Å². The van der Waals surface area contributed by atoms with Gasteiger partial charge in [0.05, 0.1) is 5.02 Å². The third kappa shape index (κ3) is 4.95. The minimum atomic E-state index is 0.0773. The van der Waals surface area contributed by atoms with Gasteiger partial charge in [-0.1, -0.05) is 18.5 Å². The van der Waals surface area contributed by atoms with Crippen LogP contribution in [0, 0.1) is 0 Å². The molecule has 1 rings (SSSR count). The van der Waals surface area contributed by atoms with Crippen LogP contribution in [0.2, 0.25) is 5.02 Å². The number of hydrogen-bond acceptors (Lipinski definition) is 3. The van der Waals surface area contributed by atoms with Gasteiger partial charge in [-0.15, -0.1) is 0 Å². The summed E-state index contributed by atoms with van der Waals surface area (Å²) in [7, 11) is 0. The van der Waals surface area contributed by atoms with Crippen LogP contribution in [-0.4, -0.2) is 23.1 Å². The van der Waals surface area contributed by atoms with Crippen LogP contribution in [0.4, 0.5) is 5.82 Å². The lowest BCUT2D eigenvalue weighted by atomic mass is 10.1. The zero-order valence-electron chi connectivity index (χ0n) is 13.6. The molecular weight excluding hydrogens is 270 g/mol. The van der Waals surface area contributed by atoms with E-state index in [1.54, 1.807) is 6.20 Å². The van der Waals surface area contributed by atoms with Gasteiger partial charge in [-0.05, 0) is 52.7 Å². The van der Waals surface area contributed by atoms with Gasteiger partial charge in [0.2, 0.25) is 0 Å². The summed E-state index contributed by atoms with van der Waals surface area (Å²) in [6.45, 7) is 14.8. The van der Waals surface area contributed by atoms with Crippen molar-refractivity contribution in [2.24, 2.45) is 0 Å². The smallest absolute Gasteiger partial charge is 0.129 e. The lowest BCUT2D eigenvalue weighted by Gasteiger charge is -2.29. The van der Waals surface area contributed by atoms with Crippen molar-refractivity contribution in [2.75, 3.05) is 11.4 Å². The summed E-state index contributed by atoms with van der Waals surface area (Å²) < 4.78 is 0. The predicted molar refractivity (Wildman–Crippen MR) is 88.6 cm³/mol. The van der Waals surface area contributed by atoms with Gasteiger partial charge in [-0.25, -0.2) is 4.98 Å². The number of hydrogen-bond donors (Lipinski definition) is 1. The molecule has 1 aromatic rings. The Hall–Kier alpha value is -0.800. The van der Waals surface area contributed by atoms with E-state index in [0.717, 1.165) is 35.9 Å². The number of aromatic nitrogens is 1. The molecule has 1 N–H and O–H groups in total. The van der Waals surface area contributed by atoms with Gasteiger partial charge in [-0.2, -0.15) is 0 Å². The number of anilines is 1. The second-order valence-electron chi connectivity index (χ2n) is 6.28. The molecule has 0 amide bonds. The molecule has 0 bridgehead atoms. The fraction of sp³-hybridized carbons (Fsp3) is 0.688. The quantitative estimate of drug-likeness (QED) is 0.851. The molecule has 0 aliphatic heterocycles. The fourth-order valence-electron chi connectivity index (χ4n) is 2.04. The summed E-state index contributed by atoms with van der Waals surface area (Å²) in [5.41, 5.74) is 1.18. The van der Waals surface area contributed by atoms with Gasteiger partial charge in [0.15, 0.2) is 0 Å². The first kappa shape index (κ1) is 17.3. The molecule has 0 aliphatic carbocycles. The maximum Gasteiger partial charge on any atom is 0.129 e. The maximum atomic E-state index is 6.27. The highest BCUT2D eigenvalue weighted by atomic mass is 35.5. The van der Waals surface area contributed by atoms with E-state index in [0.29, 0.717) is 6.04 Å². The average molecular weight is 298 g/mol. The summed E-state index contributed by atoms with van der Waals surface area (Å²) in [5, 5.41) is 4.20. The Morgan fingerprint density at radius 2 is 2.00 bits per heavy atom. The summed E-state index contributed by atoms with van der Waals surface area (Å²) in [6.07, 6.45) is 2.87. The van der Waals surface area contributed by atoms with Crippen LogP contribution in [0.15, 0.2) is 12.3 Å². The average Bonchev–Trinajstić information content (AvgIpc) is 2.38. The number of halogens is 1. The van der Waals surface area contributed by atoms with E-state index in [1.165, 1.54) is 0 Å². The van der Waals surface area contributed by atoms with Gasteiger partial charge in [0, 0.05) is 30.9 Å². The van der Waals surface area contributed by atoms with Gasteiger partial charge in [0.25, 0.3) is 0 Å². The monoisotopic (exact) mass is 297 g/mol. The molecule has 0 saturated heterocycles. The Kier molecular flexibility index (Phi) is 6.28. The first-order chi connectivity index (χ1) is 9.28. The Morgan fingerprint density at radius 3 is 2.50 bits per heavy atom. The number of rotatable bonds is 6. The molecule has 0 saturated carbocycles. The minimum absolute atomic E-state index is 0.0773. The van der Waals surface area contributed by atoms with Crippen molar-refractivity contribution < 1.29 is 0 Å². The van der Waals surface area contributed by atoms with Gasteiger partial charge in [0.1, 0.15) is 5.82 Å². The molecule has 4 heteroatoms. The predicted octanol–water partition coefficient (Wildman–Crippen LogP) is 4.25. The van der Waals surface area contributed by atoms with Gasteiger partial charge in [-0.3, -0.25) is 0 Å². The highest BCUT2D eigenvalue weighted by Gasteiger charge is 2.15. The second kappa shape index (κ2) is 7.28. The normalized spacial score (nSPS) is 13.3. The zero-order valence-corrected chi connectivity index (χ0v) is 14.4. The van der Waals surface area contributed by atoms with E-state index in [2.05, 4.69) is 62.8 Å². The summed E-state index contributed by atoms with van der Waals surface area (Å²) in [5.74, 6) is 1.01. The van der Waals surface area contributed by atoms with Gasteiger partial charge < -0.3 is 10.2 Å². The molecule has 0 fully saturated rings. The lowest BCUT2D eigenvalue weighted by Crippen LogP contribution is -2.35. The van der Waals surface area contributed by atoms with Crippen LogP contribution in [0.5, 0.6) is 0 Å². The van der Waals surface area contributed by atoms with E-state index in [9.17, 15) is 0 Å². The second-order valence-corrected chi connectivity index (χ2v) is 6.69. The zero-order chi connectivity index (χ0) is 15.3. The largest absolute Gasteiger partial charge is 0.354 e. The molecule has 114 valence electrons.